The van der Waals surface area contributed by atoms with Crippen LogP contribution < -0.4 is 61.6 Å². The topological polar surface area (TPSA) is 72.5 Å². The fourth-order valence-electron chi connectivity index (χ4n) is 5.17. The number of hydrogen-bond donors (Lipinski definition) is 1. The van der Waals surface area contributed by atoms with E-state index in [1.807, 2.05) is 54.6 Å². The van der Waals surface area contributed by atoms with Crippen molar-refractivity contribution < 1.29 is 64.4 Å². The van der Waals surface area contributed by atoms with Gasteiger partial charge in [-0.2, -0.15) is 0 Å². The van der Waals surface area contributed by atoms with E-state index in [0.717, 1.165) is 24.1 Å². The number of benzene rings is 2. The number of anilines is 2. The molecule has 0 radical (unpaired) electrons. The monoisotopic (exact) mass is 538 g/mol. The summed E-state index contributed by atoms with van der Waals surface area (Å²) in [5.74, 6) is 0. The molecule has 36 heavy (non-hydrogen) atoms. The summed E-state index contributed by atoms with van der Waals surface area (Å²) < 4.78 is 38.1. The first-order valence-electron chi connectivity index (χ1n) is 13.6. The molecule has 0 amide bonds. The van der Waals surface area contributed by atoms with Gasteiger partial charge in [0.05, 0.1) is 11.4 Å². The van der Waals surface area contributed by atoms with Gasteiger partial charge in [0.15, 0.2) is 0 Å². The van der Waals surface area contributed by atoms with Crippen molar-refractivity contribution >= 4 is 21.5 Å². The van der Waals surface area contributed by atoms with Crippen molar-refractivity contribution in [2.45, 2.75) is 108 Å². The third-order valence-electron chi connectivity index (χ3n) is 7.18. The number of fused-ring (bicyclic) bond motifs is 1. The zero-order chi connectivity index (χ0) is 25.0. The van der Waals surface area contributed by atoms with Crippen LogP contribution in [0.25, 0.3) is 0 Å². The normalized spacial score (nSPS) is 16.9. The fourth-order valence-corrected chi connectivity index (χ4v) is 6.23. The second-order valence-corrected chi connectivity index (χ2v) is 11.5. The van der Waals surface area contributed by atoms with Gasteiger partial charge in [-0.15, -0.1) is 0 Å². The van der Waals surface area contributed by atoms with E-state index in [2.05, 4.69) is 12.2 Å². The molecule has 2 aromatic rings. The standard InChI is InChI=1S/C29H44N2O3S.K/c1-2-3-4-5-6-7-8-9-10-11-12-13-19-24-29(35(32,33)34)30-27-22-17-18-23-28(27)31(29)25-26-20-15-14-16-21-26;/h14-18,20-23,30H,2-13,19,24-25H2,1H3,(H,32,33,34);/q;+1/p-1. The Kier molecular flexibility index (Phi) is 14.6. The SMILES string of the molecule is CCCCCCCCCCCCCCCC1(S(=O)(=O)[O-])Nc2ccccc2N1Cc1ccccc1.[K+]. The number of nitrogens with zero attached hydrogens (tertiary/aromatic N) is 1. The fraction of sp³-hybridized carbons (Fsp3) is 0.586. The molecule has 1 aliphatic rings. The van der Waals surface area contributed by atoms with Gasteiger partial charge in [0, 0.05) is 13.0 Å². The molecule has 0 saturated carbocycles. The molecule has 1 atom stereocenters. The number of para-hydroxylation sites is 2. The van der Waals surface area contributed by atoms with E-state index < -0.39 is 15.1 Å². The molecular weight excluding hydrogens is 495 g/mol. The van der Waals surface area contributed by atoms with Gasteiger partial charge in [-0.05, 0) is 24.1 Å². The maximum atomic E-state index is 12.7. The van der Waals surface area contributed by atoms with Crippen LogP contribution in [0.2, 0.25) is 0 Å². The van der Waals surface area contributed by atoms with Gasteiger partial charge in [0.1, 0.15) is 10.1 Å². The molecular formula is C29H43KN2O3S. The van der Waals surface area contributed by atoms with Crippen molar-refractivity contribution in [2.24, 2.45) is 0 Å². The quantitative estimate of drug-likeness (QED) is 0.178. The van der Waals surface area contributed by atoms with Crippen LogP contribution >= 0.6 is 0 Å². The van der Waals surface area contributed by atoms with Crippen molar-refractivity contribution in [1.82, 2.24) is 0 Å². The zero-order valence-electron chi connectivity index (χ0n) is 22.4. The average Bonchev–Trinajstić information content (AvgIpc) is 3.17. The Hall–Kier alpha value is -0.414. The maximum Gasteiger partial charge on any atom is 1.00 e. The van der Waals surface area contributed by atoms with E-state index in [0.29, 0.717) is 18.7 Å². The first-order valence-corrected chi connectivity index (χ1v) is 15.0. The summed E-state index contributed by atoms with van der Waals surface area (Å²) in [6.07, 6.45) is 16.1. The largest absolute Gasteiger partial charge is 1.00 e. The Morgan fingerprint density at radius 2 is 1.25 bits per heavy atom. The van der Waals surface area contributed by atoms with E-state index in [9.17, 15) is 13.0 Å². The van der Waals surface area contributed by atoms with Gasteiger partial charge in [0.25, 0.3) is 0 Å². The van der Waals surface area contributed by atoms with Crippen LogP contribution in [0.15, 0.2) is 54.6 Å². The molecule has 194 valence electrons. The van der Waals surface area contributed by atoms with Crippen LogP contribution in [-0.2, 0) is 16.7 Å². The van der Waals surface area contributed by atoms with Gasteiger partial charge < -0.3 is 14.8 Å². The Balaban J connectivity index is 0.00000456. The van der Waals surface area contributed by atoms with Crippen molar-refractivity contribution in [2.75, 3.05) is 10.2 Å². The van der Waals surface area contributed by atoms with Crippen molar-refractivity contribution in [3.8, 4) is 0 Å². The summed E-state index contributed by atoms with van der Waals surface area (Å²) in [7, 11) is -4.65. The predicted octanol–water partition coefficient (Wildman–Crippen LogP) is 4.80. The van der Waals surface area contributed by atoms with Gasteiger partial charge in [-0.3, -0.25) is 0 Å². The van der Waals surface area contributed by atoms with E-state index in [1.54, 1.807) is 4.90 Å². The van der Waals surface area contributed by atoms with E-state index in [-0.39, 0.29) is 57.8 Å². The van der Waals surface area contributed by atoms with Gasteiger partial charge in [-0.1, -0.05) is 126 Å². The minimum atomic E-state index is -4.65. The number of rotatable bonds is 17. The predicted molar refractivity (Wildman–Crippen MR) is 145 cm³/mol. The molecule has 5 nitrogen and oxygen atoms in total. The Bertz CT molecular complexity index is 987. The molecule has 0 saturated heterocycles. The first-order chi connectivity index (χ1) is 17.0. The Labute approximate surface area is 262 Å². The summed E-state index contributed by atoms with van der Waals surface area (Å²) in [5, 5.41) is 3.13. The smallest absolute Gasteiger partial charge is 0.745 e. The first kappa shape index (κ1) is 31.8. The van der Waals surface area contributed by atoms with Crippen LogP contribution in [0.4, 0.5) is 11.4 Å². The van der Waals surface area contributed by atoms with Crippen LogP contribution in [0.1, 0.15) is 102 Å². The molecule has 7 heteroatoms. The molecule has 1 unspecified atom stereocenters. The Morgan fingerprint density at radius 1 is 0.750 bits per heavy atom. The Morgan fingerprint density at radius 3 is 1.81 bits per heavy atom. The number of nitrogens with one attached hydrogen (secondary N) is 1. The van der Waals surface area contributed by atoms with Crippen LogP contribution in [-0.4, -0.2) is 18.0 Å². The van der Waals surface area contributed by atoms with E-state index in [1.165, 1.54) is 64.2 Å². The van der Waals surface area contributed by atoms with E-state index >= 15 is 0 Å². The second-order valence-electron chi connectivity index (χ2n) is 9.95. The second kappa shape index (κ2) is 16.5. The third kappa shape index (κ3) is 9.10. The minimum absolute atomic E-state index is 0. The molecule has 0 aromatic heterocycles. The summed E-state index contributed by atoms with van der Waals surface area (Å²) in [6, 6.07) is 17.2. The van der Waals surface area contributed by atoms with Crippen LogP contribution in [0.3, 0.4) is 0 Å². The minimum Gasteiger partial charge on any atom is -0.745 e. The zero-order valence-corrected chi connectivity index (χ0v) is 26.3. The molecule has 3 rings (SSSR count). The molecule has 0 fully saturated rings. The summed E-state index contributed by atoms with van der Waals surface area (Å²) in [4.78, 5) is 0.116. The van der Waals surface area contributed by atoms with Gasteiger partial charge in [-0.25, -0.2) is 8.42 Å². The molecule has 1 N–H and O–H groups in total. The molecule has 2 aromatic carbocycles. The van der Waals surface area contributed by atoms with Crippen molar-refractivity contribution in [3.63, 3.8) is 0 Å². The number of hydrogen-bond acceptors (Lipinski definition) is 5. The van der Waals surface area contributed by atoms with Gasteiger partial charge >= 0.3 is 51.4 Å². The maximum absolute atomic E-state index is 12.7. The molecule has 0 aliphatic carbocycles. The number of unbranched alkanes of at least 4 members (excludes halogenated alkanes) is 12. The summed E-state index contributed by atoms with van der Waals surface area (Å²) in [5.41, 5.74) is 2.45. The van der Waals surface area contributed by atoms with Crippen molar-refractivity contribution in [1.29, 1.82) is 0 Å². The van der Waals surface area contributed by atoms with Gasteiger partial charge in [0.2, 0.25) is 4.99 Å². The average molecular weight is 539 g/mol. The molecule has 0 bridgehead atoms. The molecule has 0 spiro atoms. The van der Waals surface area contributed by atoms with Crippen LogP contribution in [0, 0.1) is 0 Å². The van der Waals surface area contributed by atoms with Crippen LogP contribution in [0.5, 0.6) is 0 Å². The summed E-state index contributed by atoms with van der Waals surface area (Å²) in [6.45, 7) is 2.62. The molecule has 1 aliphatic heterocycles. The van der Waals surface area contributed by atoms with Crippen molar-refractivity contribution in [3.05, 3.63) is 60.2 Å². The summed E-state index contributed by atoms with van der Waals surface area (Å²) >= 11 is 0. The molecule has 1 heterocycles. The van der Waals surface area contributed by atoms with E-state index in [4.69, 9.17) is 0 Å². The third-order valence-corrected chi connectivity index (χ3v) is 8.53.